The molecule has 0 bridgehead atoms. The molecule has 112 valence electrons. The van der Waals surface area contributed by atoms with E-state index in [1.165, 1.54) is 12.1 Å². The summed E-state index contributed by atoms with van der Waals surface area (Å²) in [5.41, 5.74) is 2.10. The number of sulfonamides is 1. The average molecular weight is 308 g/mol. The van der Waals surface area contributed by atoms with Gasteiger partial charge in [-0.3, -0.25) is 4.72 Å². The van der Waals surface area contributed by atoms with Crippen LogP contribution in [0, 0.1) is 19.7 Å². The summed E-state index contributed by atoms with van der Waals surface area (Å²) in [7, 11) is -1.97. The number of anilines is 2. The highest BCUT2D eigenvalue weighted by Gasteiger charge is 2.20. The molecule has 0 aromatic heterocycles. The Morgan fingerprint density at radius 2 is 1.43 bits per heavy atom. The van der Waals surface area contributed by atoms with Gasteiger partial charge in [0, 0.05) is 18.4 Å². The van der Waals surface area contributed by atoms with E-state index in [1.54, 1.807) is 45.2 Å². The van der Waals surface area contributed by atoms with Crippen LogP contribution in [0.3, 0.4) is 0 Å². The summed E-state index contributed by atoms with van der Waals surface area (Å²) in [6, 6.07) is 9.29. The summed E-state index contributed by atoms with van der Waals surface area (Å²) >= 11 is 0. The number of hydrogen-bond donors (Lipinski definition) is 2. The molecule has 2 aromatic rings. The van der Waals surface area contributed by atoms with Crippen LogP contribution in [0.5, 0.6) is 0 Å². The van der Waals surface area contributed by atoms with Gasteiger partial charge in [0.25, 0.3) is 10.0 Å². The molecule has 0 saturated heterocycles. The van der Waals surface area contributed by atoms with Crippen molar-refractivity contribution >= 4 is 21.4 Å². The lowest BCUT2D eigenvalue weighted by atomic mass is 10.1. The van der Waals surface area contributed by atoms with Crippen LogP contribution >= 0.6 is 0 Å². The molecule has 4 nitrogen and oxygen atoms in total. The molecule has 0 spiro atoms. The summed E-state index contributed by atoms with van der Waals surface area (Å²) in [4.78, 5) is 0.113. The van der Waals surface area contributed by atoms with Crippen LogP contribution in [0.1, 0.15) is 11.1 Å². The topological polar surface area (TPSA) is 58.2 Å². The molecule has 2 aromatic carbocycles. The Balaban J connectivity index is 2.38. The maximum atomic E-state index is 13.3. The number of rotatable bonds is 4. The van der Waals surface area contributed by atoms with Gasteiger partial charge in [-0.15, -0.1) is 0 Å². The third kappa shape index (κ3) is 3.33. The van der Waals surface area contributed by atoms with Crippen molar-refractivity contribution in [1.82, 2.24) is 0 Å². The first-order valence-electron chi connectivity index (χ1n) is 6.41. The van der Waals surface area contributed by atoms with E-state index in [4.69, 9.17) is 0 Å². The number of nitrogens with one attached hydrogen (secondary N) is 2. The minimum Gasteiger partial charge on any atom is -0.388 e. The van der Waals surface area contributed by atoms with E-state index in [2.05, 4.69) is 10.0 Å². The van der Waals surface area contributed by atoms with Crippen LogP contribution in [-0.4, -0.2) is 15.5 Å². The molecular formula is C15H17FN2O2S. The molecule has 0 heterocycles. The maximum Gasteiger partial charge on any atom is 0.262 e. The van der Waals surface area contributed by atoms with Gasteiger partial charge in [0.05, 0.1) is 4.90 Å². The number of benzene rings is 2. The van der Waals surface area contributed by atoms with Gasteiger partial charge in [-0.25, -0.2) is 12.8 Å². The fourth-order valence-electron chi connectivity index (χ4n) is 2.23. The molecule has 2 N–H and O–H groups in total. The van der Waals surface area contributed by atoms with Crippen molar-refractivity contribution in [3.05, 3.63) is 53.3 Å². The summed E-state index contributed by atoms with van der Waals surface area (Å²) in [6.45, 7) is 3.16. The SMILES string of the molecule is CNc1ccc(NS(=O)(=O)c2c(C)cc(F)cc2C)cc1. The Bertz CT molecular complexity index is 733. The Hall–Kier alpha value is -2.08. The van der Waals surface area contributed by atoms with Crippen molar-refractivity contribution in [3.63, 3.8) is 0 Å². The van der Waals surface area contributed by atoms with Gasteiger partial charge in [-0.05, 0) is 61.4 Å². The van der Waals surface area contributed by atoms with Crippen LogP contribution in [0.4, 0.5) is 15.8 Å². The molecule has 0 fully saturated rings. The third-order valence-corrected chi connectivity index (χ3v) is 4.81. The van der Waals surface area contributed by atoms with Crippen molar-refractivity contribution in [3.8, 4) is 0 Å². The largest absolute Gasteiger partial charge is 0.388 e. The van der Waals surface area contributed by atoms with E-state index in [0.29, 0.717) is 16.8 Å². The number of halogens is 1. The normalized spacial score (nSPS) is 11.2. The van der Waals surface area contributed by atoms with Gasteiger partial charge in [0.2, 0.25) is 0 Å². The minimum atomic E-state index is -3.75. The van der Waals surface area contributed by atoms with E-state index in [-0.39, 0.29) is 4.90 Å². The molecule has 21 heavy (non-hydrogen) atoms. The third-order valence-electron chi connectivity index (χ3n) is 3.12. The van der Waals surface area contributed by atoms with Gasteiger partial charge >= 0.3 is 0 Å². The zero-order valence-electron chi connectivity index (χ0n) is 12.1. The van der Waals surface area contributed by atoms with E-state index in [9.17, 15) is 12.8 Å². The lowest BCUT2D eigenvalue weighted by Crippen LogP contribution is -2.16. The fourth-order valence-corrected chi connectivity index (χ4v) is 3.75. The Morgan fingerprint density at radius 1 is 0.952 bits per heavy atom. The zero-order valence-corrected chi connectivity index (χ0v) is 12.9. The van der Waals surface area contributed by atoms with Crippen molar-refractivity contribution in [2.75, 3.05) is 17.1 Å². The van der Waals surface area contributed by atoms with Gasteiger partial charge in [-0.1, -0.05) is 0 Å². The summed E-state index contributed by atoms with van der Waals surface area (Å²) < 4.78 is 40.7. The monoisotopic (exact) mass is 308 g/mol. The first-order valence-corrected chi connectivity index (χ1v) is 7.89. The molecule has 0 aliphatic heterocycles. The molecule has 0 saturated carbocycles. The first-order chi connectivity index (χ1) is 9.83. The standard InChI is InChI=1S/C15H17FN2O2S/c1-10-8-12(16)9-11(2)15(10)21(19,20)18-14-6-4-13(17-3)5-7-14/h4-9,17-18H,1-3H3. The van der Waals surface area contributed by atoms with Crippen LogP contribution < -0.4 is 10.0 Å². The lowest BCUT2D eigenvalue weighted by Gasteiger charge is -2.13. The smallest absolute Gasteiger partial charge is 0.262 e. The van der Waals surface area contributed by atoms with E-state index in [1.807, 2.05) is 0 Å². The van der Waals surface area contributed by atoms with E-state index < -0.39 is 15.8 Å². The number of hydrogen-bond acceptors (Lipinski definition) is 3. The minimum absolute atomic E-state index is 0.113. The van der Waals surface area contributed by atoms with Crippen molar-refractivity contribution in [2.45, 2.75) is 18.7 Å². The van der Waals surface area contributed by atoms with Crippen LogP contribution in [0.15, 0.2) is 41.3 Å². The zero-order chi connectivity index (χ0) is 15.6. The Labute approximate surface area is 124 Å². The first kappa shape index (κ1) is 15.3. The van der Waals surface area contributed by atoms with Crippen LogP contribution in [0.2, 0.25) is 0 Å². The van der Waals surface area contributed by atoms with Crippen molar-refractivity contribution in [1.29, 1.82) is 0 Å². The Kier molecular flexibility index (Phi) is 4.18. The molecule has 6 heteroatoms. The Morgan fingerprint density at radius 3 is 1.90 bits per heavy atom. The average Bonchev–Trinajstić information content (AvgIpc) is 2.37. The molecule has 2 rings (SSSR count). The predicted molar refractivity (Wildman–Crippen MR) is 82.7 cm³/mol. The summed E-state index contributed by atoms with van der Waals surface area (Å²) in [5.74, 6) is -0.442. The molecule has 0 aliphatic rings. The van der Waals surface area contributed by atoms with Crippen LogP contribution in [-0.2, 0) is 10.0 Å². The van der Waals surface area contributed by atoms with Crippen molar-refractivity contribution < 1.29 is 12.8 Å². The quantitative estimate of drug-likeness (QED) is 0.911. The second-order valence-electron chi connectivity index (χ2n) is 4.80. The van der Waals surface area contributed by atoms with Gasteiger partial charge in [-0.2, -0.15) is 0 Å². The highest BCUT2D eigenvalue weighted by atomic mass is 32.2. The highest BCUT2D eigenvalue weighted by Crippen LogP contribution is 2.24. The fraction of sp³-hybridized carbons (Fsp3) is 0.200. The molecule has 0 unspecified atom stereocenters. The lowest BCUT2D eigenvalue weighted by molar-refractivity contribution is 0.597. The second-order valence-corrected chi connectivity index (χ2v) is 6.42. The molecular weight excluding hydrogens is 291 g/mol. The highest BCUT2D eigenvalue weighted by molar-refractivity contribution is 7.92. The molecule has 0 atom stereocenters. The molecule has 0 radical (unpaired) electrons. The van der Waals surface area contributed by atoms with Gasteiger partial charge < -0.3 is 5.32 Å². The molecule has 0 aliphatic carbocycles. The summed E-state index contributed by atoms with van der Waals surface area (Å²) in [5, 5.41) is 2.95. The molecule has 0 amide bonds. The summed E-state index contributed by atoms with van der Waals surface area (Å²) in [6.07, 6.45) is 0. The predicted octanol–water partition coefficient (Wildman–Crippen LogP) is 3.29. The number of aryl methyl sites for hydroxylation is 2. The van der Waals surface area contributed by atoms with Crippen molar-refractivity contribution in [2.24, 2.45) is 0 Å². The van der Waals surface area contributed by atoms with E-state index >= 15 is 0 Å². The van der Waals surface area contributed by atoms with Crippen LogP contribution in [0.25, 0.3) is 0 Å². The second kappa shape index (κ2) is 5.73. The van der Waals surface area contributed by atoms with Gasteiger partial charge in [0.1, 0.15) is 5.82 Å². The van der Waals surface area contributed by atoms with E-state index in [0.717, 1.165) is 5.69 Å². The maximum absolute atomic E-state index is 13.3. The van der Waals surface area contributed by atoms with Gasteiger partial charge in [0.15, 0.2) is 0 Å².